The van der Waals surface area contributed by atoms with Crippen molar-refractivity contribution >= 4 is 38.5 Å². The molecular weight excluding hydrogens is 398 g/mol. The van der Waals surface area contributed by atoms with E-state index in [2.05, 4.69) is 38.5 Å². The lowest BCUT2D eigenvalue weighted by atomic mass is 10.0. The first-order valence-corrected chi connectivity index (χ1v) is 6.84. The number of rotatable bonds is 2. The summed E-state index contributed by atoms with van der Waals surface area (Å²) < 4.78 is 15.2. The van der Waals surface area contributed by atoms with Gasteiger partial charge in [-0.25, -0.2) is 4.39 Å². The highest BCUT2D eigenvalue weighted by molar-refractivity contribution is 14.1. The Bertz CT molecular complexity index is 545. The first-order chi connectivity index (χ1) is 8.09. The molecule has 1 N–H and O–H groups in total. The SMILES string of the molecule is OC(c1cccc(I)c1)c1cccc(Br)c1F. The number of halogens is 3. The Balaban J connectivity index is 2.44. The van der Waals surface area contributed by atoms with E-state index in [1.54, 1.807) is 24.3 Å². The quantitative estimate of drug-likeness (QED) is 0.738. The molecule has 88 valence electrons. The van der Waals surface area contributed by atoms with Crippen LogP contribution >= 0.6 is 38.5 Å². The highest BCUT2D eigenvalue weighted by atomic mass is 127. The van der Waals surface area contributed by atoms with Crippen LogP contribution in [0.25, 0.3) is 0 Å². The van der Waals surface area contributed by atoms with Crippen LogP contribution in [0, 0.1) is 9.39 Å². The average Bonchev–Trinajstić information content (AvgIpc) is 2.32. The van der Waals surface area contributed by atoms with Crippen molar-refractivity contribution in [3.63, 3.8) is 0 Å². The molecule has 0 saturated carbocycles. The fourth-order valence-corrected chi connectivity index (χ4v) is 2.54. The second-order valence-electron chi connectivity index (χ2n) is 3.60. The van der Waals surface area contributed by atoms with Crippen molar-refractivity contribution in [2.75, 3.05) is 0 Å². The Morgan fingerprint density at radius 1 is 1.18 bits per heavy atom. The van der Waals surface area contributed by atoms with Gasteiger partial charge in [-0.15, -0.1) is 0 Å². The van der Waals surface area contributed by atoms with E-state index in [9.17, 15) is 9.50 Å². The molecule has 0 radical (unpaired) electrons. The van der Waals surface area contributed by atoms with E-state index in [0.29, 0.717) is 10.0 Å². The minimum absolute atomic E-state index is 0.279. The van der Waals surface area contributed by atoms with E-state index >= 15 is 0 Å². The Hall–Kier alpha value is -0.460. The molecule has 4 heteroatoms. The fourth-order valence-electron chi connectivity index (χ4n) is 1.59. The first-order valence-electron chi connectivity index (χ1n) is 4.97. The Labute approximate surface area is 121 Å². The fraction of sp³-hybridized carbons (Fsp3) is 0.0769. The molecule has 0 bridgehead atoms. The maximum atomic E-state index is 13.8. The Kier molecular flexibility index (Phi) is 4.17. The summed E-state index contributed by atoms with van der Waals surface area (Å²) in [6.07, 6.45) is -0.942. The van der Waals surface area contributed by atoms with E-state index in [0.717, 1.165) is 3.57 Å². The highest BCUT2D eigenvalue weighted by Gasteiger charge is 2.16. The molecule has 2 aromatic rings. The number of aliphatic hydroxyl groups excluding tert-OH is 1. The topological polar surface area (TPSA) is 20.2 Å². The van der Waals surface area contributed by atoms with Crippen molar-refractivity contribution in [3.8, 4) is 0 Å². The molecule has 1 atom stereocenters. The summed E-state index contributed by atoms with van der Waals surface area (Å²) in [6, 6.07) is 12.3. The van der Waals surface area contributed by atoms with Gasteiger partial charge in [-0.05, 0) is 62.3 Å². The van der Waals surface area contributed by atoms with E-state index in [1.807, 2.05) is 18.2 Å². The van der Waals surface area contributed by atoms with Crippen molar-refractivity contribution in [2.24, 2.45) is 0 Å². The molecule has 0 fully saturated rings. The third-order valence-electron chi connectivity index (χ3n) is 2.44. The molecule has 2 aromatic carbocycles. The molecule has 0 aliphatic carbocycles. The van der Waals surface area contributed by atoms with Gasteiger partial charge in [-0.3, -0.25) is 0 Å². The van der Waals surface area contributed by atoms with E-state index in [1.165, 1.54) is 0 Å². The summed E-state index contributed by atoms with van der Waals surface area (Å²) in [5.74, 6) is -0.418. The number of hydrogen-bond donors (Lipinski definition) is 1. The van der Waals surface area contributed by atoms with Crippen LogP contribution in [0.4, 0.5) is 4.39 Å². The lowest BCUT2D eigenvalue weighted by molar-refractivity contribution is 0.214. The molecule has 0 heterocycles. The smallest absolute Gasteiger partial charge is 0.143 e. The molecular formula is C13H9BrFIO. The zero-order valence-electron chi connectivity index (χ0n) is 8.70. The summed E-state index contributed by atoms with van der Waals surface area (Å²) in [4.78, 5) is 0. The van der Waals surface area contributed by atoms with Gasteiger partial charge in [-0.1, -0.05) is 24.3 Å². The van der Waals surface area contributed by atoms with Crippen LogP contribution in [0.5, 0.6) is 0 Å². The van der Waals surface area contributed by atoms with Crippen LogP contribution in [0.2, 0.25) is 0 Å². The van der Waals surface area contributed by atoms with Crippen molar-refractivity contribution in [3.05, 3.63) is 67.5 Å². The summed E-state index contributed by atoms with van der Waals surface area (Å²) in [7, 11) is 0. The monoisotopic (exact) mass is 406 g/mol. The van der Waals surface area contributed by atoms with Gasteiger partial charge in [0.25, 0.3) is 0 Å². The first kappa shape index (κ1) is 13.0. The number of hydrogen-bond acceptors (Lipinski definition) is 1. The third kappa shape index (κ3) is 2.86. The minimum atomic E-state index is -0.942. The van der Waals surface area contributed by atoms with E-state index in [4.69, 9.17) is 0 Å². The predicted molar refractivity (Wildman–Crippen MR) is 77.3 cm³/mol. The highest BCUT2D eigenvalue weighted by Crippen LogP contribution is 2.28. The molecule has 2 rings (SSSR count). The largest absolute Gasteiger partial charge is 0.384 e. The predicted octanol–water partition coefficient (Wildman–Crippen LogP) is 4.27. The van der Waals surface area contributed by atoms with Gasteiger partial charge in [0.2, 0.25) is 0 Å². The normalized spacial score (nSPS) is 12.5. The van der Waals surface area contributed by atoms with Crippen molar-refractivity contribution in [2.45, 2.75) is 6.10 Å². The lowest BCUT2D eigenvalue weighted by Crippen LogP contribution is -2.03. The minimum Gasteiger partial charge on any atom is -0.384 e. The Morgan fingerprint density at radius 3 is 2.59 bits per heavy atom. The van der Waals surface area contributed by atoms with Gasteiger partial charge in [0.1, 0.15) is 11.9 Å². The standard InChI is InChI=1S/C13H9BrFIO/c14-11-6-2-5-10(12(11)15)13(17)8-3-1-4-9(16)7-8/h1-7,13,17H. The van der Waals surface area contributed by atoms with Crippen molar-refractivity contribution in [1.82, 2.24) is 0 Å². The molecule has 17 heavy (non-hydrogen) atoms. The summed E-state index contributed by atoms with van der Waals surface area (Å²) in [5, 5.41) is 10.2. The van der Waals surface area contributed by atoms with Crippen LogP contribution in [-0.2, 0) is 0 Å². The summed E-state index contributed by atoms with van der Waals surface area (Å²) in [6.45, 7) is 0. The van der Waals surface area contributed by atoms with Gasteiger partial charge in [0.05, 0.1) is 4.47 Å². The van der Waals surface area contributed by atoms with Crippen LogP contribution < -0.4 is 0 Å². The number of benzene rings is 2. The summed E-state index contributed by atoms with van der Waals surface area (Å²) >= 11 is 5.27. The Morgan fingerprint density at radius 2 is 1.88 bits per heavy atom. The van der Waals surface area contributed by atoms with E-state index < -0.39 is 11.9 Å². The van der Waals surface area contributed by atoms with Crippen LogP contribution in [0.15, 0.2) is 46.9 Å². The maximum Gasteiger partial charge on any atom is 0.143 e. The molecule has 1 unspecified atom stereocenters. The third-order valence-corrected chi connectivity index (χ3v) is 3.72. The zero-order valence-corrected chi connectivity index (χ0v) is 12.4. The van der Waals surface area contributed by atoms with Gasteiger partial charge in [-0.2, -0.15) is 0 Å². The van der Waals surface area contributed by atoms with Crippen molar-refractivity contribution < 1.29 is 9.50 Å². The molecule has 0 amide bonds. The number of aliphatic hydroxyl groups is 1. The molecule has 0 aromatic heterocycles. The second kappa shape index (κ2) is 5.46. The van der Waals surface area contributed by atoms with Crippen LogP contribution in [-0.4, -0.2) is 5.11 Å². The van der Waals surface area contributed by atoms with Gasteiger partial charge in [0, 0.05) is 9.13 Å². The average molecular weight is 407 g/mol. The van der Waals surface area contributed by atoms with E-state index in [-0.39, 0.29) is 5.56 Å². The van der Waals surface area contributed by atoms with Crippen molar-refractivity contribution in [1.29, 1.82) is 0 Å². The molecule has 0 aliphatic heterocycles. The van der Waals surface area contributed by atoms with Gasteiger partial charge >= 0.3 is 0 Å². The summed E-state index contributed by atoms with van der Waals surface area (Å²) in [5.41, 5.74) is 0.968. The molecule has 0 aliphatic rings. The lowest BCUT2D eigenvalue weighted by Gasteiger charge is -2.13. The van der Waals surface area contributed by atoms with Crippen LogP contribution in [0.3, 0.4) is 0 Å². The maximum absolute atomic E-state index is 13.8. The zero-order chi connectivity index (χ0) is 12.4. The van der Waals surface area contributed by atoms with Gasteiger partial charge < -0.3 is 5.11 Å². The van der Waals surface area contributed by atoms with Crippen LogP contribution in [0.1, 0.15) is 17.2 Å². The molecule has 0 spiro atoms. The molecule has 0 saturated heterocycles. The second-order valence-corrected chi connectivity index (χ2v) is 5.70. The van der Waals surface area contributed by atoms with Gasteiger partial charge in [0.15, 0.2) is 0 Å². The molecule has 1 nitrogen and oxygen atoms in total.